The second kappa shape index (κ2) is 12.1. The van der Waals surface area contributed by atoms with Crippen LogP contribution in [0.5, 0.6) is 5.75 Å². The third-order valence-electron chi connectivity index (χ3n) is 6.12. The van der Waals surface area contributed by atoms with Crippen LogP contribution in [0.1, 0.15) is 29.7 Å². The summed E-state index contributed by atoms with van der Waals surface area (Å²) in [5.74, 6) is 2.51. The normalized spacial score (nSPS) is 14.8. The van der Waals surface area contributed by atoms with Gasteiger partial charge in [0.15, 0.2) is 4.80 Å². The van der Waals surface area contributed by atoms with Crippen LogP contribution in [0.15, 0.2) is 92.6 Å². The fourth-order valence-corrected chi connectivity index (χ4v) is 6.03. The maximum absolute atomic E-state index is 14.0. The zero-order valence-corrected chi connectivity index (χ0v) is 24.4. The van der Waals surface area contributed by atoms with Gasteiger partial charge in [0.2, 0.25) is 0 Å². The Balaban J connectivity index is 1.75. The van der Waals surface area contributed by atoms with Crippen LogP contribution in [0.3, 0.4) is 0 Å². The molecule has 0 radical (unpaired) electrons. The van der Waals surface area contributed by atoms with Gasteiger partial charge in [-0.25, -0.2) is 9.79 Å². The van der Waals surface area contributed by atoms with Gasteiger partial charge in [0.1, 0.15) is 12.4 Å². The van der Waals surface area contributed by atoms with Crippen molar-refractivity contribution in [2.24, 2.45) is 4.99 Å². The summed E-state index contributed by atoms with van der Waals surface area (Å²) in [5, 5.41) is 0.543. The molecule has 0 saturated heterocycles. The van der Waals surface area contributed by atoms with E-state index in [0.29, 0.717) is 35.8 Å². The van der Waals surface area contributed by atoms with Gasteiger partial charge in [0, 0.05) is 10.6 Å². The van der Waals surface area contributed by atoms with E-state index in [9.17, 15) is 9.59 Å². The first-order chi connectivity index (χ1) is 19.4. The number of hydrogen-bond acceptors (Lipinski definition) is 6. The minimum Gasteiger partial charge on any atom is -0.480 e. The molecular weight excluding hydrogens is 612 g/mol. The van der Waals surface area contributed by atoms with Gasteiger partial charge in [-0.05, 0) is 64.3 Å². The molecule has 0 bridgehead atoms. The minimum absolute atomic E-state index is 0.147. The fraction of sp³-hybridized carbons (Fsp3) is 0.129. The molecule has 2 heterocycles. The second-order valence-electron chi connectivity index (χ2n) is 8.67. The molecule has 9 heteroatoms. The number of fused-ring (bicyclic) bond motifs is 1. The Kier molecular flexibility index (Phi) is 8.36. The molecule has 200 valence electrons. The maximum atomic E-state index is 14.0. The van der Waals surface area contributed by atoms with E-state index in [-0.39, 0.29) is 24.3 Å². The van der Waals surface area contributed by atoms with Crippen molar-refractivity contribution in [2.45, 2.75) is 13.0 Å². The smallest absolute Gasteiger partial charge is 0.338 e. The van der Waals surface area contributed by atoms with Crippen molar-refractivity contribution < 1.29 is 14.3 Å². The van der Waals surface area contributed by atoms with Gasteiger partial charge >= 0.3 is 5.97 Å². The number of nitrogens with zero attached hydrogens (tertiary/aromatic N) is 2. The highest BCUT2D eigenvalue weighted by atomic mass is 79.9. The third kappa shape index (κ3) is 5.54. The minimum atomic E-state index is -0.767. The zero-order valence-electron chi connectivity index (χ0n) is 21.3. The lowest BCUT2D eigenvalue weighted by Gasteiger charge is -2.25. The molecule has 0 amide bonds. The number of aromatic nitrogens is 1. The summed E-state index contributed by atoms with van der Waals surface area (Å²) >= 11 is 10.9. The molecule has 1 aromatic heterocycles. The van der Waals surface area contributed by atoms with Crippen LogP contribution in [0, 0.1) is 12.3 Å². The highest BCUT2D eigenvalue weighted by molar-refractivity contribution is 9.10. The van der Waals surface area contributed by atoms with Crippen LogP contribution in [-0.4, -0.2) is 23.8 Å². The van der Waals surface area contributed by atoms with Crippen LogP contribution in [0.4, 0.5) is 0 Å². The van der Waals surface area contributed by atoms with Crippen molar-refractivity contribution in [1.82, 2.24) is 4.57 Å². The number of halogens is 2. The number of esters is 1. The SMILES string of the molecule is C#CCOc1ccc(/C=c2\sc3n(c2=O)[C@H](c2ccc(Cl)cc2)C(C(=O)OCC)=C(c2ccccc2)N=3)cc1Br. The van der Waals surface area contributed by atoms with Gasteiger partial charge in [-0.1, -0.05) is 77.4 Å². The molecule has 1 aliphatic heterocycles. The summed E-state index contributed by atoms with van der Waals surface area (Å²) in [6.07, 6.45) is 7.08. The van der Waals surface area contributed by atoms with E-state index in [2.05, 4.69) is 21.9 Å². The molecule has 4 aromatic rings. The number of rotatable bonds is 7. The largest absolute Gasteiger partial charge is 0.480 e. The molecule has 5 rings (SSSR count). The van der Waals surface area contributed by atoms with Crippen LogP contribution < -0.4 is 19.6 Å². The topological polar surface area (TPSA) is 69.9 Å². The lowest BCUT2D eigenvalue weighted by Crippen LogP contribution is -2.40. The summed E-state index contributed by atoms with van der Waals surface area (Å²) < 4.78 is 13.7. The van der Waals surface area contributed by atoms with E-state index in [4.69, 9.17) is 32.5 Å². The average molecular weight is 634 g/mol. The fourth-order valence-electron chi connectivity index (χ4n) is 4.40. The summed E-state index contributed by atoms with van der Waals surface area (Å²) in [4.78, 5) is 32.8. The summed E-state index contributed by atoms with van der Waals surface area (Å²) in [7, 11) is 0. The Bertz CT molecular complexity index is 1840. The van der Waals surface area contributed by atoms with E-state index in [0.717, 1.165) is 11.1 Å². The van der Waals surface area contributed by atoms with Crippen LogP contribution in [0.2, 0.25) is 5.02 Å². The number of carbonyl (C=O) groups is 1. The quantitative estimate of drug-likeness (QED) is 0.203. The van der Waals surface area contributed by atoms with Gasteiger partial charge in [-0.15, -0.1) is 6.42 Å². The molecule has 40 heavy (non-hydrogen) atoms. The van der Waals surface area contributed by atoms with E-state index < -0.39 is 12.0 Å². The third-order valence-corrected chi connectivity index (χ3v) is 7.98. The first-order valence-corrected chi connectivity index (χ1v) is 14.3. The molecule has 6 nitrogen and oxygen atoms in total. The van der Waals surface area contributed by atoms with Gasteiger partial charge in [0.05, 0.1) is 32.9 Å². The molecule has 3 aromatic carbocycles. The number of ether oxygens (including phenoxy) is 2. The van der Waals surface area contributed by atoms with E-state index in [1.165, 1.54) is 11.3 Å². The summed E-state index contributed by atoms with van der Waals surface area (Å²) in [6, 6.07) is 21.2. The Morgan fingerprint density at radius 1 is 1.18 bits per heavy atom. The highest BCUT2D eigenvalue weighted by Gasteiger charge is 2.35. The molecule has 0 fully saturated rings. The molecule has 0 unspecified atom stereocenters. The highest BCUT2D eigenvalue weighted by Crippen LogP contribution is 2.35. The predicted molar refractivity (Wildman–Crippen MR) is 161 cm³/mol. The maximum Gasteiger partial charge on any atom is 0.338 e. The Morgan fingerprint density at radius 2 is 1.93 bits per heavy atom. The van der Waals surface area contributed by atoms with E-state index in [1.54, 1.807) is 35.8 Å². The van der Waals surface area contributed by atoms with Crippen molar-refractivity contribution in [3.63, 3.8) is 0 Å². The van der Waals surface area contributed by atoms with Crippen molar-refractivity contribution in [1.29, 1.82) is 0 Å². The number of hydrogen-bond donors (Lipinski definition) is 0. The Hall–Kier alpha value is -3.90. The monoisotopic (exact) mass is 632 g/mol. The van der Waals surface area contributed by atoms with Crippen LogP contribution in [0.25, 0.3) is 11.8 Å². The molecule has 1 aliphatic rings. The van der Waals surface area contributed by atoms with E-state index >= 15 is 0 Å². The number of benzene rings is 3. The molecule has 0 saturated carbocycles. The van der Waals surface area contributed by atoms with Crippen molar-refractivity contribution >= 4 is 56.6 Å². The second-order valence-corrected chi connectivity index (χ2v) is 11.0. The van der Waals surface area contributed by atoms with Gasteiger partial charge < -0.3 is 9.47 Å². The molecule has 0 spiro atoms. The van der Waals surface area contributed by atoms with Crippen LogP contribution in [-0.2, 0) is 9.53 Å². The van der Waals surface area contributed by atoms with Gasteiger partial charge in [0.25, 0.3) is 5.56 Å². The molecule has 0 aliphatic carbocycles. The summed E-state index contributed by atoms with van der Waals surface area (Å²) in [6.45, 7) is 2.07. The average Bonchev–Trinajstić information content (AvgIpc) is 3.27. The number of terminal acetylenes is 1. The standard InChI is InChI=1S/C31H22BrClN2O4S/c1-3-16-39-24-15-10-19(17-23(24)32)18-25-29(36)35-28(21-11-13-22(33)14-12-21)26(30(37)38-4-2)27(34-31(35)40-25)20-8-6-5-7-9-20/h1,5-15,17-18,28H,4,16H2,2H3/b25-18-/t28-/m1/s1. The lowest BCUT2D eigenvalue weighted by atomic mass is 9.93. The van der Waals surface area contributed by atoms with Crippen LogP contribution >= 0.6 is 38.9 Å². The van der Waals surface area contributed by atoms with Crippen molar-refractivity contribution in [3.05, 3.63) is 124 Å². The number of carbonyl (C=O) groups excluding carboxylic acids is 1. The van der Waals surface area contributed by atoms with Crippen molar-refractivity contribution in [2.75, 3.05) is 13.2 Å². The van der Waals surface area contributed by atoms with Crippen molar-refractivity contribution in [3.8, 4) is 18.1 Å². The van der Waals surface area contributed by atoms with E-state index in [1.807, 2.05) is 54.6 Å². The zero-order chi connectivity index (χ0) is 28.2. The predicted octanol–water partition coefficient (Wildman–Crippen LogP) is 5.36. The summed E-state index contributed by atoms with van der Waals surface area (Å²) in [5.41, 5.74) is 2.70. The lowest BCUT2D eigenvalue weighted by molar-refractivity contribution is -0.138. The first-order valence-electron chi connectivity index (χ1n) is 12.3. The molecule has 0 N–H and O–H groups in total. The molecule has 1 atom stereocenters. The Morgan fingerprint density at radius 3 is 2.60 bits per heavy atom. The Labute approximate surface area is 248 Å². The first kappa shape index (κ1) is 27.7. The van der Waals surface area contributed by atoms with Gasteiger partial charge in [-0.3, -0.25) is 9.36 Å². The van der Waals surface area contributed by atoms with Gasteiger partial charge in [-0.2, -0.15) is 0 Å². The molecular formula is C31H22BrClN2O4S. The number of thiazole rings is 1.